The molecule has 0 bridgehead atoms. The van der Waals surface area contributed by atoms with Crippen molar-refractivity contribution < 1.29 is 14.3 Å². The van der Waals surface area contributed by atoms with E-state index in [-0.39, 0.29) is 5.91 Å². The second-order valence-corrected chi connectivity index (χ2v) is 6.11. The number of ether oxygens (including phenoxy) is 2. The molecule has 0 spiro atoms. The number of anilines is 1. The number of carbonyl (C=O) groups is 1. The average molecular weight is 304 g/mol. The van der Waals surface area contributed by atoms with Gasteiger partial charge in [0.1, 0.15) is 13.2 Å². The van der Waals surface area contributed by atoms with E-state index >= 15 is 0 Å². The zero-order chi connectivity index (χ0) is 14.8. The van der Waals surface area contributed by atoms with Crippen LogP contribution in [-0.4, -0.2) is 24.1 Å². The number of hydrogen-bond acceptors (Lipinski definition) is 5. The number of rotatable bonds is 3. The third kappa shape index (κ3) is 3.16. The number of thiazole rings is 1. The van der Waals surface area contributed by atoms with Gasteiger partial charge in [0.15, 0.2) is 11.5 Å². The second-order valence-electron chi connectivity index (χ2n) is 4.82. The fraction of sp³-hybridized carbons (Fsp3) is 0.333. The number of fused-ring (bicyclic) bond motifs is 1. The molecule has 1 aromatic carbocycles. The molecule has 1 N–H and O–H groups in total. The van der Waals surface area contributed by atoms with Crippen LogP contribution in [0.3, 0.4) is 0 Å². The molecule has 0 saturated carbocycles. The molecule has 2 aromatic rings. The molecule has 0 saturated heterocycles. The number of carbonyl (C=O) groups excluding carboxylic acids is 1. The summed E-state index contributed by atoms with van der Waals surface area (Å²) in [7, 11) is 0. The van der Waals surface area contributed by atoms with Crippen LogP contribution in [-0.2, 0) is 11.2 Å². The number of nitrogens with zero attached hydrogens (tertiary/aromatic N) is 1. The predicted molar refractivity (Wildman–Crippen MR) is 81.4 cm³/mol. The summed E-state index contributed by atoms with van der Waals surface area (Å²) in [5.74, 6) is 1.33. The lowest BCUT2D eigenvalue weighted by atomic mass is 10.2. The van der Waals surface area contributed by atoms with Gasteiger partial charge in [-0.1, -0.05) is 0 Å². The lowest BCUT2D eigenvalue weighted by molar-refractivity contribution is -0.115. The van der Waals surface area contributed by atoms with Gasteiger partial charge in [-0.15, -0.1) is 11.3 Å². The molecule has 0 atom stereocenters. The largest absolute Gasteiger partial charge is 0.486 e. The number of hydrogen-bond donors (Lipinski definition) is 1. The van der Waals surface area contributed by atoms with E-state index in [1.54, 1.807) is 17.4 Å². The number of amides is 1. The van der Waals surface area contributed by atoms with Crippen molar-refractivity contribution in [3.8, 4) is 11.5 Å². The predicted octanol–water partition coefficient (Wildman–Crippen LogP) is 2.71. The highest BCUT2D eigenvalue weighted by molar-refractivity contribution is 7.11. The normalized spacial score (nSPS) is 13.0. The maximum atomic E-state index is 12.1. The van der Waals surface area contributed by atoms with Crippen LogP contribution < -0.4 is 14.8 Å². The van der Waals surface area contributed by atoms with Crippen LogP contribution >= 0.6 is 11.3 Å². The Morgan fingerprint density at radius 2 is 2.05 bits per heavy atom. The van der Waals surface area contributed by atoms with Crippen LogP contribution in [0.4, 0.5) is 5.69 Å². The molecule has 1 amide bonds. The van der Waals surface area contributed by atoms with Crippen LogP contribution in [0.2, 0.25) is 0 Å². The highest BCUT2D eigenvalue weighted by atomic mass is 32.1. The third-order valence-electron chi connectivity index (χ3n) is 3.15. The smallest absolute Gasteiger partial charge is 0.229 e. The minimum absolute atomic E-state index is 0.0570. The molecule has 1 aliphatic heterocycles. The molecule has 3 rings (SSSR count). The Morgan fingerprint density at radius 3 is 2.76 bits per heavy atom. The lowest BCUT2D eigenvalue weighted by Gasteiger charge is -2.19. The molecule has 5 nitrogen and oxygen atoms in total. The Hall–Kier alpha value is -2.08. The van der Waals surface area contributed by atoms with E-state index in [4.69, 9.17) is 9.47 Å². The first kappa shape index (κ1) is 13.9. The number of aryl methyl sites for hydroxylation is 2. The van der Waals surface area contributed by atoms with Crippen molar-refractivity contribution in [2.24, 2.45) is 0 Å². The Labute approximate surface area is 126 Å². The van der Waals surface area contributed by atoms with E-state index in [1.807, 2.05) is 26.0 Å². The summed E-state index contributed by atoms with van der Waals surface area (Å²) >= 11 is 1.56. The molecule has 0 radical (unpaired) electrons. The van der Waals surface area contributed by atoms with Crippen molar-refractivity contribution in [3.05, 3.63) is 33.8 Å². The van der Waals surface area contributed by atoms with Crippen molar-refractivity contribution in [3.63, 3.8) is 0 Å². The van der Waals surface area contributed by atoms with Crippen molar-refractivity contribution in [1.82, 2.24) is 4.98 Å². The molecule has 0 fully saturated rings. The molecular formula is C15H16N2O3S. The summed E-state index contributed by atoms with van der Waals surface area (Å²) in [4.78, 5) is 17.4. The van der Waals surface area contributed by atoms with Crippen LogP contribution in [0, 0.1) is 13.8 Å². The zero-order valence-corrected chi connectivity index (χ0v) is 12.8. The standard InChI is InChI=1S/C15H16N2O3S/c1-9-14(21-10(2)16-9)8-15(18)17-11-3-4-12-13(7-11)20-6-5-19-12/h3-4,7H,5-6,8H2,1-2H3,(H,17,18). The van der Waals surface area contributed by atoms with Crippen LogP contribution in [0.25, 0.3) is 0 Å². The van der Waals surface area contributed by atoms with Crippen LogP contribution in [0.5, 0.6) is 11.5 Å². The van der Waals surface area contributed by atoms with Crippen molar-refractivity contribution >= 4 is 22.9 Å². The summed E-state index contributed by atoms with van der Waals surface area (Å²) in [5, 5.41) is 3.86. The van der Waals surface area contributed by atoms with Crippen molar-refractivity contribution in [2.45, 2.75) is 20.3 Å². The van der Waals surface area contributed by atoms with Gasteiger partial charge < -0.3 is 14.8 Å². The SMILES string of the molecule is Cc1nc(C)c(CC(=O)Nc2ccc3c(c2)OCCO3)s1. The van der Waals surface area contributed by atoms with Gasteiger partial charge in [0.25, 0.3) is 0 Å². The fourth-order valence-electron chi connectivity index (χ4n) is 2.21. The molecule has 21 heavy (non-hydrogen) atoms. The van der Waals surface area contributed by atoms with E-state index in [0.717, 1.165) is 15.6 Å². The van der Waals surface area contributed by atoms with E-state index in [1.165, 1.54) is 0 Å². The van der Waals surface area contributed by atoms with Gasteiger partial charge in [-0.3, -0.25) is 4.79 Å². The number of benzene rings is 1. The third-order valence-corrected chi connectivity index (χ3v) is 4.22. The van der Waals surface area contributed by atoms with E-state index in [2.05, 4.69) is 10.3 Å². The molecule has 0 aliphatic carbocycles. The van der Waals surface area contributed by atoms with E-state index in [9.17, 15) is 4.79 Å². The monoisotopic (exact) mass is 304 g/mol. The lowest BCUT2D eigenvalue weighted by Crippen LogP contribution is -2.17. The van der Waals surface area contributed by atoms with Crippen LogP contribution in [0.1, 0.15) is 15.6 Å². The molecule has 6 heteroatoms. The molecular weight excluding hydrogens is 288 g/mol. The zero-order valence-electron chi connectivity index (χ0n) is 11.9. The highest BCUT2D eigenvalue weighted by Crippen LogP contribution is 2.32. The van der Waals surface area contributed by atoms with Gasteiger partial charge in [0.2, 0.25) is 5.91 Å². The number of nitrogens with one attached hydrogen (secondary N) is 1. The Kier molecular flexibility index (Phi) is 3.79. The first-order valence-corrected chi connectivity index (χ1v) is 7.56. The van der Waals surface area contributed by atoms with Gasteiger partial charge in [-0.25, -0.2) is 4.98 Å². The number of aromatic nitrogens is 1. The summed E-state index contributed by atoms with van der Waals surface area (Å²) in [6.07, 6.45) is 0.339. The van der Waals surface area contributed by atoms with Gasteiger partial charge >= 0.3 is 0 Å². The molecule has 0 unspecified atom stereocenters. The average Bonchev–Trinajstić information content (AvgIpc) is 2.76. The topological polar surface area (TPSA) is 60.5 Å². The van der Waals surface area contributed by atoms with Gasteiger partial charge in [-0.2, -0.15) is 0 Å². The highest BCUT2D eigenvalue weighted by Gasteiger charge is 2.14. The summed E-state index contributed by atoms with van der Waals surface area (Å²) < 4.78 is 11.0. The first-order chi connectivity index (χ1) is 10.1. The summed E-state index contributed by atoms with van der Waals surface area (Å²) in [6.45, 7) is 4.96. The Morgan fingerprint density at radius 1 is 1.29 bits per heavy atom. The summed E-state index contributed by atoms with van der Waals surface area (Å²) in [5.41, 5.74) is 1.64. The first-order valence-electron chi connectivity index (χ1n) is 6.74. The minimum Gasteiger partial charge on any atom is -0.486 e. The molecule has 1 aromatic heterocycles. The van der Waals surface area contributed by atoms with Crippen molar-refractivity contribution in [2.75, 3.05) is 18.5 Å². The second kappa shape index (κ2) is 5.73. The van der Waals surface area contributed by atoms with E-state index < -0.39 is 0 Å². The van der Waals surface area contributed by atoms with Crippen molar-refractivity contribution in [1.29, 1.82) is 0 Å². The quantitative estimate of drug-likeness (QED) is 0.947. The maximum Gasteiger partial charge on any atom is 0.229 e. The van der Waals surface area contributed by atoms with Crippen LogP contribution in [0.15, 0.2) is 18.2 Å². The Bertz CT molecular complexity index is 682. The van der Waals surface area contributed by atoms with E-state index in [0.29, 0.717) is 36.8 Å². The maximum absolute atomic E-state index is 12.1. The van der Waals surface area contributed by atoms with Gasteiger partial charge in [-0.05, 0) is 26.0 Å². The fourth-order valence-corrected chi connectivity index (χ4v) is 3.15. The van der Waals surface area contributed by atoms with Gasteiger partial charge in [0, 0.05) is 16.6 Å². The molecule has 2 heterocycles. The summed E-state index contributed by atoms with van der Waals surface area (Å²) in [6, 6.07) is 5.42. The minimum atomic E-state index is -0.0570. The van der Waals surface area contributed by atoms with Gasteiger partial charge in [0.05, 0.1) is 17.1 Å². The molecule has 1 aliphatic rings. The molecule has 110 valence electrons. The Balaban J connectivity index is 1.68.